The monoisotopic (exact) mass is 350 g/mol. The normalized spacial score (nSPS) is 16.0. The third-order valence-electron chi connectivity index (χ3n) is 5.00. The van der Waals surface area contributed by atoms with Crippen LogP contribution >= 0.6 is 0 Å². The summed E-state index contributed by atoms with van der Waals surface area (Å²) < 4.78 is 15.8. The van der Waals surface area contributed by atoms with Gasteiger partial charge in [0.15, 0.2) is 5.82 Å². The van der Waals surface area contributed by atoms with Crippen LogP contribution < -0.4 is 4.90 Å². The molecule has 0 saturated carbocycles. The number of aromatic nitrogens is 4. The minimum atomic E-state index is -0.259. The number of benzene rings is 1. The summed E-state index contributed by atoms with van der Waals surface area (Å²) in [6.07, 6.45) is 5.65. The lowest BCUT2D eigenvalue weighted by atomic mass is 10.2. The zero-order valence-corrected chi connectivity index (χ0v) is 14.3. The highest BCUT2D eigenvalue weighted by Gasteiger charge is 2.21. The second kappa shape index (κ2) is 6.10. The molecule has 1 saturated heterocycles. The number of anilines is 1. The first-order valence-corrected chi connectivity index (χ1v) is 8.80. The van der Waals surface area contributed by atoms with E-state index in [0.717, 1.165) is 55.4 Å². The van der Waals surface area contributed by atoms with Gasteiger partial charge >= 0.3 is 0 Å². The van der Waals surface area contributed by atoms with Gasteiger partial charge in [-0.15, -0.1) is 0 Å². The first-order valence-electron chi connectivity index (χ1n) is 8.80. The van der Waals surface area contributed by atoms with Crippen LogP contribution in [-0.4, -0.2) is 50.4 Å². The van der Waals surface area contributed by atoms with Gasteiger partial charge < -0.3 is 14.3 Å². The maximum atomic E-state index is 13.7. The van der Waals surface area contributed by atoms with Gasteiger partial charge in [0.1, 0.15) is 11.6 Å². The van der Waals surface area contributed by atoms with E-state index >= 15 is 0 Å². The molecular formula is C19H19FN6. The Morgan fingerprint density at radius 3 is 2.77 bits per heavy atom. The number of nitrogens with one attached hydrogen (secondary N) is 1. The molecule has 132 valence electrons. The zero-order chi connectivity index (χ0) is 17.5. The lowest BCUT2D eigenvalue weighted by Gasteiger charge is -2.35. The van der Waals surface area contributed by atoms with Crippen molar-refractivity contribution in [2.45, 2.75) is 6.54 Å². The van der Waals surface area contributed by atoms with Gasteiger partial charge in [-0.3, -0.25) is 4.90 Å². The quantitative estimate of drug-likeness (QED) is 0.617. The summed E-state index contributed by atoms with van der Waals surface area (Å²) >= 11 is 0. The van der Waals surface area contributed by atoms with E-state index in [-0.39, 0.29) is 5.82 Å². The second-order valence-corrected chi connectivity index (χ2v) is 6.63. The number of halogens is 1. The minimum absolute atomic E-state index is 0.259. The van der Waals surface area contributed by atoms with Crippen LogP contribution in [0.5, 0.6) is 0 Å². The number of imidazole rings is 1. The Bertz CT molecular complexity index is 1050. The number of fused-ring (bicyclic) bond motifs is 3. The van der Waals surface area contributed by atoms with E-state index in [0.29, 0.717) is 5.52 Å². The van der Waals surface area contributed by atoms with Crippen molar-refractivity contribution in [2.75, 3.05) is 31.1 Å². The first-order chi connectivity index (χ1) is 12.8. The van der Waals surface area contributed by atoms with Crippen molar-refractivity contribution in [3.8, 4) is 0 Å². The molecular weight excluding hydrogens is 331 g/mol. The van der Waals surface area contributed by atoms with Crippen molar-refractivity contribution in [3.63, 3.8) is 0 Å². The van der Waals surface area contributed by atoms with Gasteiger partial charge in [-0.2, -0.15) is 0 Å². The number of nitrogens with zero attached hydrogens (tertiary/aromatic N) is 5. The molecule has 0 atom stereocenters. The van der Waals surface area contributed by atoms with E-state index in [9.17, 15) is 4.39 Å². The van der Waals surface area contributed by atoms with Crippen molar-refractivity contribution >= 4 is 22.4 Å². The summed E-state index contributed by atoms with van der Waals surface area (Å²) in [5.41, 5.74) is 2.66. The fourth-order valence-corrected chi connectivity index (χ4v) is 3.68. The highest BCUT2D eigenvalue weighted by molar-refractivity contribution is 5.85. The Morgan fingerprint density at radius 1 is 1.08 bits per heavy atom. The molecule has 6 nitrogen and oxygen atoms in total. The van der Waals surface area contributed by atoms with E-state index in [1.54, 1.807) is 12.3 Å². The van der Waals surface area contributed by atoms with Crippen molar-refractivity contribution in [3.05, 3.63) is 60.6 Å². The molecule has 1 N–H and O–H groups in total. The van der Waals surface area contributed by atoms with Crippen LogP contribution in [-0.2, 0) is 6.54 Å². The molecule has 0 bridgehead atoms. The number of H-pyrrole nitrogens is 1. The fraction of sp³-hybridized carbons (Fsp3) is 0.263. The summed E-state index contributed by atoms with van der Waals surface area (Å²) in [6.45, 7) is 4.48. The third kappa shape index (κ3) is 2.61. The molecule has 7 heteroatoms. The molecule has 1 fully saturated rings. The van der Waals surface area contributed by atoms with Gasteiger partial charge in [0.05, 0.1) is 23.1 Å². The van der Waals surface area contributed by atoms with E-state index in [1.807, 2.05) is 18.5 Å². The summed E-state index contributed by atoms with van der Waals surface area (Å²) in [7, 11) is 0. The number of hydrogen-bond acceptors (Lipinski definition) is 4. The second-order valence-electron chi connectivity index (χ2n) is 6.63. The smallest absolute Gasteiger partial charge is 0.153 e. The Hall–Kier alpha value is -2.93. The summed E-state index contributed by atoms with van der Waals surface area (Å²) in [4.78, 5) is 16.9. The first kappa shape index (κ1) is 15.3. The average molecular weight is 350 g/mol. The number of piperazine rings is 1. The summed E-state index contributed by atoms with van der Waals surface area (Å²) in [6, 6.07) is 8.86. The predicted molar refractivity (Wildman–Crippen MR) is 98.7 cm³/mol. The molecule has 0 aliphatic carbocycles. The maximum absolute atomic E-state index is 13.7. The van der Waals surface area contributed by atoms with Gasteiger partial charge in [0.25, 0.3) is 0 Å². The zero-order valence-electron chi connectivity index (χ0n) is 14.3. The van der Waals surface area contributed by atoms with Gasteiger partial charge in [0.2, 0.25) is 0 Å². The van der Waals surface area contributed by atoms with Crippen LogP contribution in [0.4, 0.5) is 10.2 Å². The molecule has 4 heterocycles. The van der Waals surface area contributed by atoms with Gasteiger partial charge in [-0.1, -0.05) is 0 Å². The van der Waals surface area contributed by atoms with Crippen molar-refractivity contribution in [1.29, 1.82) is 0 Å². The van der Waals surface area contributed by atoms with Crippen LogP contribution in [0, 0.1) is 5.82 Å². The molecule has 0 amide bonds. The molecule has 4 aromatic rings. The maximum Gasteiger partial charge on any atom is 0.153 e. The topological polar surface area (TPSA) is 52.5 Å². The predicted octanol–water partition coefficient (Wildman–Crippen LogP) is 2.67. The molecule has 3 aromatic heterocycles. The van der Waals surface area contributed by atoms with Crippen LogP contribution in [0.2, 0.25) is 0 Å². The molecule has 1 aliphatic rings. The molecule has 1 aliphatic heterocycles. The highest BCUT2D eigenvalue weighted by atomic mass is 19.1. The lowest BCUT2D eigenvalue weighted by Crippen LogP contribution is -2.46. The minimum Gasteiger partial charge on any atom is -0.352 e. The lowest BCUT2D eigenvalue weighted by molar-refractivity contribution is 0.244. The Labute approximate surface area is 149 Å². The van der Waals surface area contributed by atoms with E-state index in [1.165, 1.54) is 12.1 Å². The van der Waals surface area contributed by atoms with Crippen molar-refractivity contribution in [2.24, 2.45) is 0 Å². The third-order valence-corrected chi connectivity index (χ3v) is 5.00. The number of aromatic amines is 1. The Morgan fingerprint density at radius 2 is 1.96 bits per heavy atom. The summed E-state index contributed by atoms with van der Waals surface area (Å²) in [5.74, 6) is 1.66. The van der Waals surface area contributed by atoms with E-state index in [4.69, 9.17) is 4.98 Å². The molecule has 26 heavy (non-hydrogen) atoms. The Balaban J connectivity index is 1.44. The highest BCUT2D eigenvalue weighted by Crippen LogP contribution is 2.26. The van der Waals surface area contributed by atoms with Gasteiger partial charge in [-0.05, 0) is 24.3 Å². The number of hydrogen-bond donors (Lipinski definition) is 1. The fourth-order valence-electron chi connectivity index (χ4n) is 3.68. The number of rotatable bonds is 3. The van der Waals surface area contributed by atoms with Crippen LogP contribution in [0.1, 0.15) is 5.82 Å². The van der Waals surface area contributed by atoms with Crippen LogP contribution in [0.25, 0.3) is 16.6 Å². The molecule has 0 spiro atoms. The Kier molecular flexibility index (Phi) is 3.60. The van der Waals surface area contributed by atoms with Crippen LogP contribution in [0.3, 0.4) is 0 Å². The van der Waals surface area contributed by atoms with Gasteiger partial charge in [0, 0.05) is 50.8 Å². The standard InChI is InChI=1S/C19H19FN6/c20-14-3-4-16-15(12-14)23-19(17-2-1-7-26(16)17)25-10-8-24(9-11-25)13-18-21-5-6-22-18/h1-7,12H,8-11,13H2,(H,21,22). The summed E-state index contributed by atoms with van der Waals surface area (Å²) in [5, 5.41) is 0. The molecule has 5 rings (SSSR count). The van der Waals surface area contributed by atoms with Crippen molar-refractivity contribution in [1.82, 2.24) is 24.3 Å². The largest absolute Gasteiger partial charge is 0.352 e. The van der Waals surface area contributed by atoms with E-state index in [2.05, 4.69) is 30.2 Å². The van der Waals surface area contributed by atoms with Gasteiger partial charge in [-0.25, -0.2) is 14.4 Å². The molecule has 0 unspecified atom stereocenters. The SMILES string of the molecule is Fc1ccc2c(c1)nc(N1CCN(Cc3ncc[nH]3)CC1)c1cccn12. The average Bonchev–Trinajstić information content (AvgIpc) is 3.33. The van der Waals surface area contributed by atoms with Crippen molar-refractivity contribution < 1.29 is 4.39 Å². The van der Waals surface area contributed by atoms with Crippen LogP contribution in [0.15, 0.2) is 48.9 Å². The molecule has 0 radical (unpaired) electrons. The van der Waals surface area contributed by atoms with E-state index < -0.39 is 0 Å². The molecule has 1 aromatic carbocycles.